The second-order valence-corrected chi connectivity index (χ2v) is 9.60. The lowest BCUT2D eigenvalue weighted by molar-refractivity contribution is 0.0893. The lowest BCUT2D eigenvalue weighted by Gasteiger charge is -2.32. The zero-order valence-electron chi connectivity index (χ0n) is 11.7. The molecule has 21 heavy (non-hydrogen) atoms. The van der Waals surface area contributed by atoms with Crippen molar-refractivity contribution in [1.29, 1.82) is 0 Å². The number of benzene rings is 1. The van der Waals surface area contributed by atoms with Gasteiger partial charge in [-0.1, -0.05) is 11.6 Å². The van der Waals surface area contributed by atoms with Crippen molar-refractivity contribution in [2.45, 2.75) is 17.4 Å². The van der Waals surface area contributed by atoms with Gasteiger partial charge in [-0.25, -0.2) is 21.8 Å². The second kappa shape index (κ2) is 5.85. The third-order valence-corrected chi connectivity index (χ3v) is 7.26. The lowest BCUT2D eigenvalue weighted by atomic mass is 10.3. The van der Waals surface area contributed by atoms with E-state index < -0.39 is 25.9 Å². The van der Waals surface area contributed by atoms with Crippen LogP contribution < -0.4 is 0 Å². The number of hydrogen-bond donors (Lipinski definition) is 0. The molecule has 1 aromatic carbocycles. The molecule has 0 aromatic heterocycles. The van der Waals surface area contributed by atoms with E-state index in [2.05, 4.69) is 0 Å². The highest BCUT2D eigenvalue weighted by Crippen LogP contribution is 2.26. The molecule has 1 aliphatic rings. The van der Waals surface area contributed by atoms with Gasteiger partial charge in [0.15, 0.2) is 9.84 Å². The fourth-order valence-electron chi connectivity index (χ4n) is 2.40. The molecule has 1 aliphatic heterocycles. The number of rotatable bonds is 4. The van der Waals surface area contributed by atoms with Gasteiger partial charge >= 0.3 is 0 Å². The van der Waals surface area contributed by atoms with Crippen LogP contribution in [-0.2, 0) is 19.9 Å². The third kappa shape index (κ3) is 3.57. The van der Waals surface area contributed by atoms with E-state index >= 15 is 0 Å². The van der Waals surface area contributed by atoms with Crippen LogP contribution in [0, 0.1) is 0 Å². The average Bonchev–Trinajstić information content (AvgIpc) is 2.69. The van der Waals surface area contributed by atoms with Gasteiger partial charge in [-0.15, -0.1) is 4.41 Å². The van der Waals surface area contributed by atoms with Crippen molar-refractivity contribution in [3.05, 3.63) is 29.3 Å². The molecule has 0 N–H and O–H groups in total. The van der Waals surface area contributed by atoms with Crippen molar-refractivity contribution in [2.75, 3.05) is 25.6 Å². The molecule has 1 saturated heterocycles. The second-order valence-electron chi connectivity index (χ2n) is 5.14. The van der Waals surface area contributed by atoms with Crippen LogP contribution in [0.5, 0.6) is 0 Å². The smallest absolute Gasteiger partial charge is 0.234 e. The Kier molecular flexibility index (Phi) is 4.65. The molecular formula is C12H17ClN2O4S2. The summed E-state index contributed by atoms with van der Waals surface area (Å²) in [7, 11) is -3.83. The lowest BCUT2D eigenvalue weighted by Crippen LogP contribution is -2.49. The first-order valence-corrected chi connectivity index (χ1v) is 9.95. The summed E-state index contributed by atoms with van der Waals surface area (Å²) in [6.45, 7) is 0. The summed E-state index contributed by atoms with van der Waals surface area (Å²) >= 11 is 5.77. The van der Waals surface area contributed by atoms with Gasteiger partial charge in [0.25, 0.3) is 10.0 Å². The predicted molar refractivity (Wildman–Crippen MR) is 81.2 cm³/mol. The van der Waals surface area contributed by atoms with Crippen molar-refractivity contribution >= 4 is 31.5 Å². The first-order chi connectivity index (χ1) is 9.63. The molecular weight excluding hydrogens is 336 g/mol. The van der Waals surface area contributed by atoms with E-state index in [-0.39, 0.29) is 16.4 Å². The quantitative estimate of drug-likeness (QED) is 0.755. The molecule has 0 radical (unpaired) electrons. The van der Waals surface area contributed by atoms with Crippen LogP contribution in [0.2, 0.25) is 5.02 Å². The summed E-state index contributed by atoms with van der Waals surface area (Å²) < 4.78 is 49.8. The van der Waals surface area contributed by atoms with Crippen LogP contribution in [0.3, 0.4) is 0 Å². The minimum atomic E-state index is -3.81. The number of nitrogens with zero attached hydrogens (tertiary/aromatic N) is 2. The van der Waals surface area contributed by atoms with Crippen molar-refractivity contribution in [3.63, 3.8) is 0 Å². The zero-order chi connectivity index (χ0) is 15.8. The summed E-state index contributed by atoms with van der Waals surface area (Å²) in [6.07, 6.45) is 0.299. The van der Waals surface area contributed by atoms with Crippen LogP contribution in [0.15, 0.2) is 29.2 Å². The molecule has 6 nitrogen and oxygen atoms in total. The van der Waals surface area contributed by atoms with Crippen LogP contribution in [0.25, 0.3) is 0 Å². The molecule has 9 heteroatoms. The Hall–Kier alpha value is -0.670. The minimum Gasteiger partial charge on any atom is -0.234 e. The zero-order valence-corrected chi connectivity index (χ0v) is 14.1. The van der Waals surface area contributed by atoms with Crippen molar-refractivity contribution in [2.24, 2.45) is 0 Å². The van der Waals surface area contributed by atoms with E-state index in [1.807, 2.05) is 0 Å². The number of sulfone groups is 1. The van der Waals surface area contributed by atoms with Crippen molar-refractivity contribution in [1.82, 2.24) is 9.42 Å². The Morgan fingerprint density at radius 2 is 1.76 bits per heavy atom. The molecule has 0 unspecified atom stereocenters. The summed E-state index contributed by atoms with van der Waals surface area (Å²) in [6, 6.07) is 5.24. The topological polar surface area (TPSA) is 74.8 Å². The molecule has 0 aliphatic carbocycles. The Labute approximate surface area is 130 Å². The molecule has 1 aromatic rings. The van der Waals surface area contributed by atoms with E-state index in [1.54, 1.807) is 14.1 Å². The van der Waals surface area contributed by atoms with E-state index in [4.69, 9.17) is 11.6 Å². The number of hydrogen-bond acceptors (Lipinski definition) is 5. The molecule has 118 valence electrons. The van der Waals surface area contributed by atoms with Gasteiger partial charge in [-0.2, -0.15) is 0 Å². The Bertz CT molecular complexity index is 714. The Balaban J connectivity index is 2.40. The maximum atomic E-state index is 12.7. The van der Waals surface area contributed by atoms with E-state index in [1.165, 1.54) is 29.3 Å². The number of halogens is 1. The summed E-state index contributed by atoms with van der Waals surface area (Å²) in [5, 5.41) is 1.85. The highest BCUT2D eigenvalue weighted by atomic mass is 35.5. The highest BCUT2D eigenvalue weighted by Gasteiger charge is 2.40. The average molecular weight is 353 g/mol. The fraction of sp³-hybridized carbons (Fsp3) is 0.500. The van der Waals surface area contributed by atoms with Gasteiger partial charge in [0.05, 0.1) is 22.4 Å². The summed E-state index contributed by atoms with van der Waals surface area (Å²) in [5.41, 5.74) is 0. The fourth-order valence-corrected chi connectivity index (χ4v) is 6.01. The Morgan fingerprint density at radius 3 is 2.19 bits per heavy atom. The van der Waals surface area contributed by atoms with Crippen LogP contribution in [0.4, 0.5) is 0 Å². The molecule has 0 bridgehead atoms. The molecule has 2 rings (SSSR count). The van der Waals surface area contributed by atoms with E-state index in [0.29, 0.717) is 11.4 Å². The highest BCUT2D eigenvalue weighted by molar-refractivity contribution is 7.92. The van der Waals surface area contributed by atoms with Crippen LogP contribution in [-0.4, -0.2) is 57.9 Å². The van der Waals surface area contributed by atoms with E-state index in [0.717, 1.165) is 4.41 Å². The van der Waals surface area contributed by atoms with Gasteiger partial charge in [-0.3, -0.25) is 0 Å². The predicted octanol–water partition coefficient (Wildman–Crippen LogP) is 0.994. The number of hydrazine groups is 1. The maximum Gasteiger partial charge on any atom is 0.256 e. The molecule has 0 saturated carbocycles. The van der Waals surface area contributed by atoms with Gasteiger partial charge in [0, 0.05) is 19.1 Å². The van der Waals surface area contributed by atoms with E-state index in [9.17, 15) is 16.8 Å². The first kappa shape index (κ1) is 16.7. The van der Waals surface area contributed by atoms with Crippen molar-refractivity contribution < 1.29 is 16.8 Å². The minimum absolute atomic E-state index is 0.0120. The summed E-state index contributed by atoms with van der Waals surface area (Å²) in [4.78, 5) is 0.0879. The van der Waals surface area contributed by atoms with Gasteiger partial charge in [0.2, 0.25) is 0 Å². The van der Waals surface area contributed by atoms with Crippen LogP contribution >= 0.6 is 11.6 Å². The van der Waals surface area contributed by atoms with Crippen molar-refractivity contribution in [3.8, 4) is 0 Å². The van der Waals surface area contributed by atoms with Gasteiger partial charge in [0.1, 0.15) is 0 Å². The normalized spacial score (nSPS) is 22.0. The molecule has 0 spiro atoms. The summed E-state index contributed by atoms with van der Waals surface area (Å²) in [5.74, 6) is -0.143. The van der Waals surface area contributed by atoms with Crippen LogP contribution in [0.1, 0.15) is 6.42 Å². The maximum absolute atomic E-state index is 12.7. The third-order valence-electron chi connectivity index (χ3n) is 3.27. The molecule has 1 fully saturated rings. The SMILES string of the molecule is CN(C)N([C@H]1CCS(=O)(=O)C1)S(=O)(=O)c1ccc(Cl)cc1. The monoisotopic (exact) mass is 352 g/mol. The standard InChI is InChI=1S/C12H17ClN2O4S2/c1-14(2)15(11-7-8-20(16,17)9-11)21(18,19)12-5-3-10(13)4-6-12/h3-6,11H,7-9H2,1-2H3/t11-/m0/s1. The molecule has 1 heterocycles. The van der Waals surface area contributed by atoms with Gasteiger partial charge in [-0.05, 0) is 30.7 Å². The number of sulfonamides is 1. The largest absolute Gasteiger partial charge is 0.256 e. The molecule has 1 atom stereocenters. The van der Waals surface area contributed by atoms with Gasteiger partial charge < -0.3 is 0 Å². The Morgan fingerprint density at radius 1 is 1.19 bits per heavy atom. The molecule has 0 amide bonds. The first-order valence-electron chi connectivity index (χ1n) is 6.31.